The van der Waals surface area contributed by atoms with Gasteiger partial charge in [0.05, 0.1) is 23.9 Å². The average Bonchev–Trinajstić information content (AvgIpc) is 2.01. The Kier molecular flexibility index (Phi) is 2.06. The molecule has 0 spiro atoms. The molecule has 4 heteroatoms. The largest absolute Gasteiger partial charge is 0.508 e. The molecule has 4 nitrogen and oxygen atoms in total. The van der Waals surface area contributed by atoms with Crippen LogP contribution in [0.5, 0.6) is 5.75 Å². The number of rotatable bonds is 1. The van der Waals surface area contributed by atoms with E-state index < -0.39 is 0 Å². The first-order valence-electron chi connectivity index (χ1n) is 3.39. The third-order valence-corrected chi connectivity index (χ3v) is 1.55. The van der Waals surface area contributed by atoms with Crippen molar-refractivity contribution in [3.8, 4) is 11.8 Å². The van der Waals surface area contributed by atoms with Gasteiger partial charge in [0.2, 0.25) is 0 Å². The summed E-state index contributed by atoms with van der Waals surface area (Å²) in [5.41, 5.74) is 12.1. The second-order valence-corrected chi connectivity index (χ2v) is 2.44. The molecule has 0 saturated heterocycles. The monoisotopic (exact) mass is 163 g/mol. The molecule has 0 aromatic heterocycles. The lowest BCUT2D eigenvalue weighted by atomic mass is 10.1. The fourth-order valence-electron chi connectivity index (χ4n) is 0.895. The highest BCUT2D eigenvalue weighted by Crippen LogP contribution is 2.25. The molecule has 0 amide bonds. The maximum atomic E-state index is 9.26. The van der Waals surface area contributed by atoms with Crippen molar-refractivity contribution in [2.75, 3.05) is 11.5 Å². The summed E-state index contributed by atoms with van der Waals surface area (Å²) >= 11 is 0. The summed E-state index contributed by atoms with van der Waals surface area (Å²) in [6.45, 7) is 0. The molecule has 0 saturated carbocycles. The van der Waals surface area contributed by atoms with Crippen LogP contribution >= 0.6 is 0 Å². The van der Waals surface area contributed by atoms with E-state index in [0.29, 0.717) is 16.9 Å². The zero-order valence-corrected chi connectivity index (χ0v) is 6.41. The van der Waals surface area contributed by atoms with Gasteiger partial charge in [-0.05, 0) is 6.07 Å². The van der Waals surface area contributed by atoms with Gasteiger partial charge in [-0.3, -0.25) is 0 Å². The Morgan fingerprint density at radius 2 is 1.92 bits per heavy atom. The smallest absolute Gasteiger partial charge is 0.122 e. The van der Waals surface area contributed by atoms with Gasteiger partial charge in [-0.1, -0.05) is 0 Å². The van der Waals surface area contributed by atoms with Crippen LogP contribution < -0.4 is 11.5 Å². The molecule has 0 unspecified atom stereocenters. The molecule has 0 aliphatic rings. The van der Waals surface area contributed by atoms with E-state index >= 15 is 0 Å². The summed E-state index contributed by atoms with van der Waals surface area (Å²) < 4.78 is 0. The van der Waals surface area contributed by atoms with Crippen LogP contribution in [0.3, 0.4) is 0 Å². The second-order valence-electron chi connectivity index (χ2n) is 2.44. The number of nitrogens with two attached hydrogens (primary N) is 2. The van der Waals surface area contributed by atoms with Crippen LogP contribution in [0.25, 0.3) is 0 Å². The first kappa shape index (κ1) is 8.21. The van der Waals surface area contributed by atoms with Crippen LogP contribution in [0.15, 0.2) is 12.1 Å². The van der Waals surface area contributed by atoms with Gasteiger partial charge >= 0.3 is 0 Å². The molecule has 0 fully saturated rings. The van der Waals surface area contributed by atoms with Crippen LogP contribution in [0.1, 0.15) is 5.56 Å². The summed E-state index contributed by atoms with van der Waals surface area (Å²) in [6, 6.07) is 4.77. The third-order valence-electron chi connectivity index (χ3n) is 1.55. The Morgan fingerprint density at radius 3 is 2.50 bits per heavy atom. The van der Waals surface area contributed by atoms with Crippen molar-refractivity contribution in [2.45, 2.75) is 6.42 Å². The Hall–Kier alpha value is -1.89. The number of phenols is 1. The quantitative estimate of drug-likeness (QED) is 0.417. The summed E-state index contributed by atoms with van der Waals surface area (Å²) in [5, 5.41) is 17.6. The van der Waals surface area contributed by atoms with Crippen molar-refractivity contribution in [1.29, 1.82) is 5.26 Å². The molecule has 1 rings (SSSR count). The van der Waals surface area contributed by atoms with E-state index in [-0.39, 0.29) is 12.2 Å². The lowest BCUT2D eigenvalue weighted by molar-refractivity contribution is 0.470. The van der Waals surface area contributed by atoms with Crippen molar-refractivity contribution in [2.24, 2.45) is 0 Å². The zero-order valence-electron chi connectivity index (χ0n) is 6.41. The summed E-state index contributed by atoms with van der Waals surface area (Å²) in [5.74, 6) is 0.0169. The van der Waals surface area contributed by atoms with Crippen molar-refractivity contribution >= 4 is 11.4 Å². The van der Waals surface area contributed by atoms with Crippen LogP contribution in [0.2, 0.25) is 0 Å². The number of nitrogen functional groups attached to an aromatic ring is 2. The van der Waals surface area contributed by atoms with Gasteiger partial charge in [-0.15, -0.1) is 0 Å². The van der Waals surface area contributed by atoms with E-state index in [1.807, 2.05) is 6.07 Å². The molecule has 0 atom stereocenters. The van der Waals surface area contributed by atoms with Crippen molar-refractivity contribution in [3.63, 3.8) is 0 Å². The molecule has 12 heavy (non-hydrogen) atoms. The van der Waals surface area contributed by atoms with E-state index in [9.17, 15) is 5.11 Å². The Labute approximate surface area is 70.0 Å². The summed E-state index contributed by atoms with van der Waals surface area (Å²) in [4.78, 5) is 0. The molecule has 62 valence electrons. The molecule has 0 bridgehead atoms. The van der Waals surface area contributed by atoms with Gasteiger partial charge in [0.15, 0.2) is 0 Å². The molecule has 0 heterocycles. The predicted molar refractivity (Wildman–Crippen MR) is 46.2 cm³/mol. The van der Waals surface area contributed by atoms with Crippen molar-refractivity contribution in [3.05, 3.63) is 17.7 Å². The second kappa shape index (κ2) is 3.01. The molecular formula is C8H9N3O. The molecular weight excluding hydrogens is 154 g/mol. The zero-order chi connectivity index (χ0) is 9.14. The maximum absolute atomic E-state index is 9.26. The molecule has 0 aliphatic heterocycles. The van der Waals surface area contributed by atoms with Gasteiger partial charge in [0.1, 0.15) is 5.75 Å². The number of hydrogen-bond donors (Lipinski definition) is 3. The molecule has 1 aromatic carbocycles. The van der Waals surface area contributed by atoms with Crippen molar-refractivity contribution in [1.82, 2.24) is 0 Å². The number of nitriles is 1. The fourth-order valence-corrected chi connectivity index (χ4v) is 0.895. The third kappa shape index (κ3) is 1.40. The van der Waals surface area contributed by atoms with Gasteiger partial charge in [-0.25, -0.2) is 0 Å². The number of hydrogen-bond acceptors (Lipinski definition) is 4. The topological polar surface area (TPSA) is 96.1 Å². The van der Waals surface area contributed by atoms with Gasteiger partial charge in [0, 0.05) is 11.6 Å². The van der Waals surface area contributed by atoms with E-state index in [1.165, 1.54) is 12.1 Å². The van der Waals surface area contributed by atoms with Gasteiger partial charge in [0.25, 0.3) is 0 Å². The number of anilines is 2. The number of nitrogens with zero attached hydrogens (tertiary/aromatic N) is 1. The Balaban J connectivity index is 3.16. The van der Waals surface area contributed by atoms with E-state index in [0.717, 1.165) is 0 Å². The highest BCUT2D eigenvalue weighted by atomic mass is 16.3. The summed E-state index contributed by atoms with van der Waals surface area (Å²) in [6.07, 6.45) is 0.135. The SMILES string of the molecule is N#CCc1cc(N)c(N)cc1O. The lowest BCUT2D eigenvalue weighted by Crippen LogP contribution is -1.96. The first-order chi connectivity index (χ1) is 5.65. The van der Waals surface area contributed by atoms with E-state index in [2.05, 4.69) is 0 Å². The molecule has 5 N–H and O–H groups in total. The minimum atomic E-state index is 0.0169. The van der Waals surface area contributed by atoms with Crippen molar-refractivity contribution < 1.29 is 5.11 Å². The lowest BCUT2D eigenvalue weighted by Gasteiger charge is -2.04. The minimum Gasteiger partial charge on any atom is -0.508 e. The van der Waals surface area contributed by atoms with E-state index in [4.69, 9.17) is 16.7 Å². The standard InChI is InChI=1S/C8H9N3O/c9-2-1-5-3-6(10)7(11)4-8(5)12/h3-4,12H,1,10-11H2. The van der Waals surface area contributed by atoms with Crippen LogP contribution in [-0.4, -0.2) is 5.11 Å². The Bertz CT molecular complexity index is 341. The number of benzene rings is 1. The molecule has 1 aromatic rings. The van der Waals surface area contributed by atoms with Crippen LogP contribution in [0.4, 0.5) is 11.4 Å². The van der Waals surface area contributed by atoms with Gasteiger partial charge < -0.3 is 16.6 Å². The van der Waals surface area contributed by atoms with Crippen LogP contribution in [0, 0.1) is 11.3 Å². The maximum Gasteiger partial charge on any atom is 0.122 e. The van der Waals surface area contributed by atoms with Gasteiger partial charge in [-0.2, -0.15) is 5.26 Å². The fraction of sp³-hybridized carbons (Fsp3) is 0.125. The first-order valence-corrected chi connectivity index (χ1v) is 3.39. The number of phenolic OH excluding ortho intramolecular Hbond substituents is 1. The minimum absolute atomic E-state index is 0.0169. The Morgan fingerprint density at radius 1 is 1.33 bits per heavy atom. The molecule has 0 radical (unpaired) electrons. The predicted octanol–water partition coefficient (Wildman–Crippen LogP) is 0.623. The summed E-state index contributed by atoms with van der Waals surface area (Å²) in [7, 11) is 0. The van der Waals surface area contributed by atoms with Crippen LogP contribution in [-0.2, 0) is 6.42 Å². The number of aromatic hydroxyl groups is 1. The highest BCUT2D eigenvalue weighted by Gasteiger charge is 2.03. The highest BCUT2D eigenvalue weighted by molar-refractivity contribution is 5.67. The van der Waals surface area contributed by atoms with E-state index in [1.54, 1.807) is 0 Å². The molecule has 0 aliphatic carbocycles. The normalized spacial score (nSPS) is 9.25. The average molecular weight is 163 g/mol.